The number of fused-ring (bicyclic) bond motifs is 1. The molecule has 0 saturated carbocycles. The summed E-state index contributed by atoms with van der Waals surface area (Å²) in [5.74, 6) is 1.84. The SMILES string of the molecule is CC1=C(C(=O)Nc2ccccc2)SCCO1.COC(=O)Nc1nc2ccccc2[nH]1. The zero-order chi connectivity index (χ0) is 21.3. The van der Waals surface area contributed by atoms with Crippen molar-refractivity contribution >= 4 is 46.4 Å². The van der Waals surface area contributed by atoms with Crippen LogP contribution in [0.4, 0.5) is 16.4 Å². The minimum atomic E-state index is -0.538. The lowest BCUT2D eigenvalue weighted by molar-refractivity contribution is -0.112. The number of nitrogens with one attached hydrogen (secondary N) is 3. The molecule has 3 N–H and O–H groups in total. The fourth-order valence-electron chi connectivity index (χ4n) is 2.60. The highest BCUT2D eigenvalue weighted by Crippen LogP contribution is 2.26. The molecule has 30 heavy (non-hydrogen) atoms. The van der Waals surface area contributed by atoms with E-state index in [1.807, 2.05) is 61.5 Å². The Kier molecular flexibility index (Phi) is 7.34. The molecule has 4 rings (SSSR count). The lowest BCUT2D eigenvalue weighted by atomic mass is 10.3. The molecule has 0 bridgehead atoms. The Labute approximate surface area is 178 Å². The van der Waals surface area contributed by atoms with E-state index in [0.717, 1.165) is 22.5 Å². The molecule has 2 heterocycles. The lowest BCUT2D eigenvalue weighted by Crippen LogP contribution is -2.18. The molecule has 0 saturated heterocycles. The van der Waals surface area contributed by atoms with Crippen molar-refractivity contribution in [3.63, 3.8) is 0 Å². The third-order valence-corrected chi connectivity index (χ3v) is 5.13. The normalized spacial score (nSPS) is 13.0. The van der Waals surface area contributed by atoms with E-state index in [1.54, 1.807) is 11.8 Å². The summed E-state index contributed by atoms with van der Waals surface area (Å²) in [5, 5.41) is 5.30. The van der Waals surface area contributed by atoms with Gasteiger partial charge < -0.3 is 19.8 Å². The van der Waals surface area contributed by atoms with Gasteiger partial charge in [-0.05, 0) is 31.2 Å². The van der Waals surface area contributed by atoms with E-state index in [9.17, 15) is 9.59 Å². The monoisotopic (exact) mass is 426 g/mol. The summed E-state index contributed by atoms with van der Waals surface area (Å²) in [6.45, 7) is 2.50. The summed E-state index contributed by atoms with van der Waals surface area (Å²) < 4.78 is 9.79. The number of carbonyl (C=O) groups is 2. The fourth-order valence-corrected chi connectivity index (χ4v) is 3.42. The maximum absolute atomic E-state index is 11.9. The summed E-state index contributed by atoms with van der Waals surface area (Å²) in [6, 6.07) is 16.9. The molecule has 1 aliphatic rings. The van der Waals surface area contributed by atoms with Crippen LogP contribution >= 0.6 is 11.8 Å². The first kappa shape index (κ1) is 21.3. The molecule has 0 spiro atoms. The van der Waals surface area contributed by atoms with Crippen LogP contribution in [0.3, 0.4) is 0 Å². The Morgan fingerprint density at radius 1 is 1.10 bits per heavy atom. The number of thioether (sulfide) groups is 1. The molecule has 3 aromatic rings. The van der Waals surface area contributed by atoms with Crippen LogP contribution < -0.4 is 10.6 Å². The summed E-state index contributed by atoms with van der Waals surface area (Å²) in [7, 11) is 1.30. The maximum Gasteiger partial charge on any atom is 0.413 e. The predicted molar refractivity (Wildman–Crippen MR) is 118 cm³/mol. The van der Waals surface area contributed by atoms with Gasteiger partial charge in [0.1, 0.15) is 10.7 Å². The van der Waals surface area contributed by atoms with Gasteiger partial charge in [-0.2, -0.15) is 0 Å². The first-order valence-electron chi connectivity index (χ1n) is 9.19. The van der Waals surface area contributed by atoms with Gasteiger partial charge in [-0.25, -0.2) is 9.78 Å². The van der Waals surface area contributed by atoms with Gasteiger partial charge in [0.25, 0.3) is 5.91 Å². The highest BCUT2D eigenvalue weighted by molar-refractivity contribution is 8.04. The number of H-pyrrole nitrogens is 1. The molecule has 1 aromatic heterocycles. The zero-order valence-corrected chi connectivity index (χ0v) is 17.4. The smallest absolute Gasteiger partial charge is 0.413 e. The number of imidazole rings is 1. The van der Waals surface area contributed by atoms with Crippen molar-refractivity contribution in [2.45, 2.75) is 6.92 Å². The van der Waals surface area contributed by atoms with Gasteiger partial charge in [-0.3, -0.25) is 10.1 Å². The van der Waals surface area contributed by atoms with Gasteiger partial charge in [0.2, 0.25) is 5.95 Å². The van der Waals surface area contributed by atoms with E-state index >= 15 is 0 Å². The number of anilines is 2. The van der Waals surface area contributed by atoms with E-state index < -0.39 is 6.09 Å². The molecule has 9 heteroatoms. The molecule has 1 aliphatic heterocycles. The number of hydrogen-bond acceptors (Lipinski definition) is 6. The number of nitrogens with zero attached hydrogens (tertiary/aromatic N) is 1. The summed E-state index contributed by atoms with van der Waals surface area (Å²) in [4.78, 5) is 30.5. The van der Waals surface area contributed by atoms with Gasteiger partial charge >= 0.3 is 6.09 Å². The molecule has 0 atom stereocenters. The van der Waals surface area contributed by atoms with E-state index in [0.29, 0.717) is 23.2 Å². The summed E-state index contributed by atoms with van der Waals surface area (Å²) in [5.41, 5.74) is 2.48. The first-order valence-corrected chi connectivity index (χ1v) is 10.2. The number of para-hydroxylation sites is 3. The van der Waals surface area contributed by atoms with Gasteiger partial charge in [0, 0.05) is 11.4 Å². The Bertz CT molecular complexity index is 1020. The molecule has 0 aliphatic carbocycles. The Hall–Kier alpha value is -3.46. The van der Waals surface area contributed by atoms with Crippen LogP contribution in [0.2, 0.25) is 0 Å². The number of hydrogen-bond donors (Lipinski definition) is 3. The predicted octanol–water partition coefficient (Wildman–Crippen LogP) is 4.36. The Balaban J connectivity index is 0.000000172. The third kappa shape index (κ3) is 5.77. The molecular weight excluding hydrogens is 404 g/mol. The van der Waals surface area contributed by atoms with E-state index in [1.165, 1.54) is 7.11 Å². The van der Waals surface area contributed by atoms with Gasteiger partial charge in [-0.15, -0.1) is 11.8 Å². The fraction of sp³-hybridized carbons (Fsp3) is 0.190. The topological polar surface area (TPSA) is 105 Å². The van der Waals surface area contributed by atoms with Crippen molar-refractivity contribution in [1.29, 1.82) is 0 Å². The first-order chi connectivity index (χ1) is 14.6. The lowest BCUT2D eigenvalue weighted by Gasteiger charge is -2.17. The second-order valence-corrected chi connectivity index (χ2v) is 7.23. The van der Waals surface area contributed by atoms with Crippen LogP contribution in [-0.4, -0.2) is 41.4 Å². The molecule has 0 unspecified atom stereocenters. The largest absolute Gasteiger partial charge is 0.496 e. The second-order valence-electron chi connectivity index (χ2n) is 6.12. The number of aromatic amines is 1. The van der Waals surface area contributed by atoms with Crippen LogP contribution in [0, 0.1) is 0 Å². The van der Waals surface area contributed by atoms with E-state index in [4.69, 9.17) is 4.74 Å². The molecule has 156 valence electrons. The zero-order valence-electron chi connectivity index (χ0n) is 16.6. The number of ether oxygens (including phenoxy) is 2. The number of rotatable bonds is 3. The van der Waals surface area contributed by atoms with Gasteiger partial charge in [0.05, 0.1) is 24.8 Å². The molecule has 2 amide bonds. The van der Waals surface area contributed by atoms with E-state index in [2.05, 4.69) is 25.3 Å². The minimum Gasteiger partial charge on any atom is -0.496 e. The molecule has 0 fully saturated rings. The molecule has 0 radical (unpaired) electrons. The van der Waals surface area contributed by atoms with E-state index in [-0.39, 0.29) is 5.91 Å². The van der Waals surface area contributed by atoms with Crippen molar-refractivity contribution in [1.82, 2.24) is 9.97 Å². The van der Waals surface area contributed by atoms with Crippen molar-refractivity contribution in [2.75, 3.05) is 30.1 Å². The van der Waals surface area contributed by atoms with Crippen LogP contribution in [-0.2, 0) is 14.3 Å². The summed E-state index contributed by atoms with van der Waals surface area (Å²) in [6.07, 6.45) is -0.538. The highest BCUT2D eigenvalue weighted by atomic mass is 32.2. The van der Waals surface area contributed by atoms with Crippen LogP contribution in [0.1, 0.15) is 6.92 Å². The average molecular weight is 426 g/mol. The number of methoxy groups -OCH3 is 1. The number of benzene rings is 2. The Morgan fingerprint density at radius 2 is 1.83 bits per heavy atom. The van der Waals surface area contributed by atoms with Crippen LogP contribution in [0.25, 0.3) is 11.0 Å². The van der Waals surface area contributed by atoms with Crippen molar-refractivity contribution < 1.29 is 19.1 Å². The maximum atomic E-state index is 11.9. The Morgan fingerprint density at radius 3 is 2.53 bits per heavy atom. The quantitative estimate of drug-likeness (QED) is 0.575. The molecule has 8 nitrogen and oxygen atoms in total. The second kappa shape index (κ2) is 10.4. The number of allylic oxidation sites excluding steroid dienone is 1. The van der Waals surface area contributed by atoms with Gasteiger partial charge in [-0.1, -0.05) is 30.3 Å². The van der Waals surface area contributed by atoms with Crippen molar-refractivity contribution in [3.05, 3.63) is 65.3 Å². The molecular formula is C21H22N4O4S. The van der Waals surface area contributed by atoms with Crippen LogP contribution in [0.15, 0.2) is 65.3 Å². The minimum absolute atomic E-state index is 0.0894. The van der Waals surface area contributed by atoms with Crippen molar-refractivity contribution in [3.8, 4) is 0 Å². The third-order valence-electron chi connectivity index (χ3n) is 4.00. The van der Waals surface area contributed by atoms with Gasteiger partial charge in [0.15, 0.2) is 0 Å². The number of aromatic nitrogens is 2. The highest BCUT2D eigenvalue weighted by Gasteiger charge is 2.18. The van der Waals surface area contributed by atoms with Crippen LogP contribution in [0.5, 0.6) is 0 Å². The number of amides is 2. The standard InChI is InChI=1S/C12H13NO2S.C9H9N3O2/c1-9-11(16-8-7-15-9)12(14)13-10-5-3-2-4-6-10;1-14-9(13)12-8-10-6-4-2-3-5-7(6)11-8/h2-6H,7-8H2,1H3,(H,13,14);2-5H,1H3,(H2,10,11,12,13). The number of carbonyl (C=O) groups excluding carboxylic acids is 2. The van der Waals surface area contributed by atoms with Crippen molar-refractivity contribution in [2.24, 2.45) is 0 Å². The average Bonchev–Trinajstić information content (AvgIpc) is 3.17. The molecule has 2 aromatic carbocycles. The summed E-state index contributed by atoms with van der Waals surface area (Å²) >= 11 is 1.54.